The van der Waals surface area contributed by atoms with Crippen molar-refractivity contribution in [2.24, 2.45) is 0 Å². The van der Waals surface area contributed by atoms with Crippen LogP contribution in [0.25, 0.3) is 0 Å². The van der Waals surface area contributed by atoms with Gasteiger partial charge in [-0.2, -0.15) is 0 Å². The third-order valence-electron chi connectivity index (χ3n) is 3.39. The van der Waals surface area contributed by atoms with Crippen molar-refractivity contribution in [2.45, 2.75) is 32.4 Å². The fraction of sp³-hybridized carbons (Fsp3) is 0.312. The highest BCUT2D eigenvalue weighted by molar-refractivity contribution is 6.31. The van der Waals surface area contributed by atoms with E-state index >= 15 is 0 Å². The zero-order valence-corrected chi connectivity index (χ0v) is 12.5. The van der Waals surface area contributed by atoms with Gasteiger partial charge in [0.15, 0.2) is 0 Å². The number of ether oxygens (including phenoxy) is 1. The molecule has 3 nitrogen and oxygen atoms in total. The zero-order chi connectivity index (χ0) is 14.8. The predicted octanol–water partition coefficient (Wildman–Crippen LogP) is 4.23. The molecule has 0 atom stereocenters. The van der Waals surface area contributed by atoms with Gasteiger partial charge in [-0.05, 0) is 43.0 Å². The largest absolute Gasteiger partial charge is 0.437 e. The van der Waals surface area contributed by atoms with Gasteiger partial charge in [0.2, 0.25) is 5.88 Å². The first-order valence-electron chi connectivity index (χ1n) is 6.93. The molecule has 0 radical (unpaired) electrons. The van der Waals surface area contributed by atoms with Gasteiger partial charge in [0.1, 0.15) is 16.6 Å². The van der Waals surface area contributed by atoms with Crippen LogP contribution >= 0.6 is 11.6 Å². The molecule has 1 heterocycles. The lowest BCUT2D eigenvalue weighted by atomic mass is 10.2. The average Bonchev–Trinajstić information content (AvgIpc) is 3.27. The normalized spacial score (nSPS) is 14.2. The minimum atomic E-state index is -0.350. The van der Waals surface area contributed by atoms with Crippen molar-refractivity contribution in [1.82, 2.24) is 10.3 Å². The van der Waals surface area contributed by atoms with Crippen molar-refractivity contribution in [3.8, 4) is 11.6 Å². The van der Waals surface area contributed by atoms with Crippen molar-refractivity contribution in [3.63, 3.8) is 0 Å². The van der Waals surface area contributed by atoms with Crippen molar-refractivity contribution in [3.05, 3.63) is 52.4 Å². The van der Waals surface area contributed by atoms with Crippen molar-refractivity contribution < 1.29 is 9.13 Å². The first kappa shape index (κ1) is 14.3. The van der Waals surface area contributed by atoms with Gasteiger partial charge in [-0.25, -0.2) is 9.37 Å². The van der Waals surface area contributed by atoms with Crippen LogP contribution in [0.1, 0.15) is 24.0 Å². The number of halogens is 2. The smallest absolute Gasteiger partial charge is 0.238 e. The number of nitrogens with zero attached hydrogens (tertiary/aromatic N) is 1. The number of nitrogens with one attached hydrogen (secondary N) is 1. The van der Waals surface area contributed by atoms with Crippen molar-refractivity contribution >= 4 is 11.6 Å². The highest BCUT2D eigenvalue weighted by Crippen LogP contribution is 2.30. The second-order valence-electron chi connectivity index (χ2n) is 5.30. The quantitative estimate of drug-likeness (QED) is 0.897. The third kappa shape index (κ3) is 3.71. The maximum absolute atomic E-state index is 13.3. The van der Waals surface area contributed by atoms with E-state index in [1.165, 1.54) is 25.0 Å². The van der Waals surface area contributed by atoms with E-state index in [1.54, 1.807) is 12.3 Å². The Morgan fingerprint density at radius 3 is 2.90 bits per heavy atom. The standard InChI is InChI=1S/C16H16ClFN2O/c1-10-2-3-12(18)7-15(10)21-16-14(17)6-11(9-20-16)8-19-13-4-5-13/h2-3,6-7,9,13,19H,4-5,8H2,1H3. The topological polar surface area (TPSA) is 34.1 Å². The summed E-state index contributed by atoms with van der Waals surface area (Å²) < 4.78 is 18.9. The number of benzene rings is 1. The van der Waals surface area contributed by atoms with Gasteiger partial charge in [0.05, 0.1) is 0 Å². The number of aryl methyl sites for hydroxylation is 1. The van der Waals surface area contributed by atoms with E-state index in [2.05, 4.69) is 10.3 Å². The van der Waals surface area contributed by atoms with Crippen molar-refractivity contribution in [1.29, 1.82) is 0 Å². The Labute approximate surface area is 128 Å². The number of hydrogen-bond donors (Lipinski definition) is 1. The minimum Gasteiger partial charge on any atom is -0.437 e. The minimum absolute atomic E-state index is 0.292. The van der Waals surface area contributed by atoms with Crippen LogP contribution in [-0.2, 0) is 6.54 Å². The van der Waals surface area contributed by atoms with Gasteiger partial charge in [-0.3, -0.25) is 0 Å². The molecule has 1 N–H and O–H groups in total. The Bertz CT molecular complexity index is 659. The van der Waals surface area contributed by atoms with Crippen LogP contribution in [0.4, 0.5) is 4.39 Å². The molecule has 1 aromatic heterocycles. The SMILES string of the molecule is Cc1ccc(F)cc1Oc1ncc(CNC2CC2)cc1Cl. The third-order valence-corrected chi connectivity index (χ3v) is 3.66. The summed E-state index contributed by atoms with van der Waals surface area (Å²) >= 11 is 6.19. The average molecular weight is 307 g/mol. The summed E-state index contributed by atoms with van der Waals surface area (Å²) in [5.74, 6) is 0.366. The molecule has 1 aliphatic rings. The Morgan fingerprint density at radius 1 is 1.38 bits per heavy atom. The molecule has 2 aromatic rings. The molecule has 3 rings (SSSR count). The summed E-state index contributed by atoms with van der Waals surface area (Å²) in [4.78, 5) is 4.23. The highest BCUT2D eigenvalue weighted by atomic mass is 35.5. The summed E-state index contributed by atoms with van der Waals surface area (Å²) in [5.41, 5.74) is 1.84. The Morgan fingerprint density at radius 2 is 2.19 bits per heavy atom. The van der Waals surface area contributed by atoms with Crippen molar-refractivity contribution in [2.75, 3.05) is 0 Å². The fourth-order valence-electron chi connectivity index (χ4n) is 1.97. The van der Waals surface area contributed by atoms with E-state index in [1.807, 2.05) is 13.0 Å². The molecule has 1 aromatic carbocycles. The highest BCUT2D eigenvalue weighted by Gasteiger charge is 2.20. The number of aromatic nitrogens is 1. The molecular weight excluding hydrogens is 291 g/mol. The van der Waals surface area contributed by atoms with Gasteiger partial charge in [0, 0.05) is 24.8 Å². The Kier molecular flexibility index (Phi) is 4.08. The molecule has 1 saturated carbocycles. The Balaban J connectivity index is 1.74. The maximum atomic E-state index is 13.3. The molecule has 5 heteroatoms. The van der Waals surface area contributed by atoms with Crippen LogP contribution in [0.15, 0.2) is 30.5 Å². The molecule has 0 saturated heterocycles. The first-order chi connectivity index (χ1) is 10.1. The van der Waals surface area contributed by atoms with E-state index < -0.39 is 0 Å². The van der Waals surface area contributed by atoms with Crippen LogP contribution in [0, 0.1) is 12.7 Å². The summed E-state index contributed by atoms with van der Waals surface area (Å²) in [6.45, 7) is 2.59. The van der Waals surface area contributed by atoms with Gasteiger partial charge in [-0.15, -0.1) is 0 Å². The molecule has 21 heavy (non-hydrogen) atoms. The lowest BCUT2D eigenvalue weighted by molar-refractivity contribution is 0.454. The van der Waals surface area contributed by atoms with Gasteiger partial charge >= 0.3 is 0 Å². The second kappa shape index (κ2) is 6.00. The molecule has 1 aliphatic carbocycles. The van der Waals surface area contributed by atoms with Gasteiger partial charge in [-0.1, -0.05) is 17.7 Å². The van der Waals surface area contributed by atoms with E-state index in [0.29, 0.717) is 22.7 Å². The maximum Gasteiger partial charge on any atom is 0.238 e. The zero-order valence-electron chi connectivity index (χ0n) is 11.7. The summed E-state index contributed by atoms with van der Waals surface area (Å²) in [7, 11) is 0. The number of pyridine rings is 1. The fourth-order valence-corrected chi connectivity index (χ4v) is 2.20. The van der Waals surface area contributed by atoms with Crippen LogP contribution in [0.2, 0.25) is 5.02 Å². The number of rotatable bonds is 5. The molecule has 0 bridgehead atoms. The van der Waals surface area contributed by atoms with Crippen LogP contribution in [0.5, 0.6) is 11.6 Å². The summed E-state index contributed by atoms with van der Waals surface area (Å²) in [6.07, 6.45) is 4.20. The van der Waals surface area contributed by atoms with E-state index in [0.717, 1.165) is 17.7 Å². The van der Waals surface area contributed by atoms with Gasteiger partial charge < -0.3 is 10.1 Å². The molecular formula is C16H16ClFN2O. The van der Waals surface area contributed by atoms with Crippen LogP contribution < -0.4 is 10.1 Å². The second-order valence-corrected chi connectivity index (χ2v) is 5.70. The lowest BCUT2D eigenvalue weighted by Crippen LogP contribution is -2.15. The summed E-state index contributed by atoms with van der Waals surface area (Å²) in [5, 5.41) is 3.82. The summed E-state index contributed by atoms with van der Waals surface area (Å²) in [6, 6.07) is 6.84. The van der Waals surface area contributed by atoms with Crippen LogP contribution in [0.3, 0.4) is 0 Å². The van der Waals surface area contributed by atoms with Crippen LogP contribution in [-0.4, -0.2) is 11.0 Å². The molecule has 110 valence electrons. The molecule has 1 fully saturated rings. The van der Waals surface area contributed by atoms with E-state index in [9.17, 15) is 4.39 Å². The molecule has 0 spiro atoms. The van der Waals surface area contributed by atoms with E-state index in [4.69, 9.17) is 16.3 Å². The number of hydrogen-bond acceptors (Lipinski definition) is 3. The van der Waals surface area contributed by atoms with E-state index in [-0.39, 0.29) is 5.82 Å². The Hall–Kier alpha value is -1.65. The lowest BCUT2D eigenvalue weighted by Gasteiger charge is -2.10. The first-order valence-corrected chi connectivity index (χ1v) is 7.31. The molecule has 0 unspecified atom stereocenters. The molecule has 0 aliphatic heterocycles. The molecule has 0 amide bonds. The van der Waals surface area contributed by atoms with Gasteiger partial charge in [0.25, 0.3) is 0 Å². The predicted molar refractivity (Wildman–Crippen MR) is 80.3 cm³/mol. The monoisotopic (exact) mass is 306 g/mol.